The molecule has 0 aromatic carbocycles. The fraction of sp³-hybridized carbons (Fsp3) is 0.952. The molecule has 71 heavy (non-hydrogen) atoms. The molecule has 422 valence electrons. The van der Waals surface area contributed by atoms with Crippen molar-refractivity contribution in [2.24, 2.45) is 0 Å². The second kappa shape index (κ2) is 57.1. The van der Waals surface area contributed by atoms with Crippen molar-refractivity contribution in [1.29, 1.82) is 0 Å². The molecule has 0 aliphatic carbocycles. The maximum Gasteiger partial charge on any atom is 0.407 e. The summed E-state index contributed by atoms with van der Waals surface area (Å²) in [5.41, 5.74) is -1.30. The van der Waals surface area contributed by atoms with Crippen LogP contribution in [0.2, 0.25) is 0 Å². The van der Waals surface area contributed by atoms with Crippen LogP contribution in [0.15, 0.2) is 0 Å². The van der Waals surface area contributed by atoms with E-state index in [9.17, 15) is 14.4 Å². The van der Waals surface area contributed by atoms with Crippen LogP contribution in [0.5, 0.6) is 0 Å². The van der Waals surface area contributed by atoms with Crippen LogP contribution in [-0.2, 0) is 14.2 Å². The van der Waals surface area contributed by atoms with Crippen LogP contribution < -0.4 is 16.0 Å². The Kier molecular flexibility index (Phi) is 55.3. The zero-order valence-corrected chi connectivity index (χ0v) is 48.1. The van der Waals surface area contributed by atoms with E-state index in [4.69, 9.17) is 14.2 Å². The molecular formula is C62H123N3O6. The lowest BCUT2D eigenvalue weighted by Gasteiger charge is -2.31. The van der Waals surface area contributed by atoms with Crippen molar-refractivity contribution in [2.75, 3.05) is 32.8 Å². The molecule has 9 nitrogen and oxygen atoms in total. The van der Waals surface area contributed by atoms with E-state index in [-0.39, 0.29) is 13.2 Å². The van der Waals surface area contributed by atoms with E-state index in [2.05, 4.69) is 36.7 Å². The van der Waals surface area contributed by atoms with Crippen molar-refractivity contribution < 1.29 is 28.6 Å². The Morgan fingerprint density at radius 2 is 0.451 bits per heavy atom. The van der Waals surface area contributed by atoms with Gasteiger partial charge in [0.25, 0.3) is 0 Å². The molecule has 9 heteroatoms. The second-order valence-electron chi connectivity index (χ2n) is 21.8. The standard InChI is InChI=1S/C62H123N3O6/c1-5-9-12-15-18-21-24-27-30-33-36-39-42-45-48-51-54-63-59(66)69-57-62(8-4,71-61(68)65-56-53-50-47-44-41-38-35-32-29-26-23-20-17-14-11-7-3)58-70-60(67)64-55-52-49-46-43-40-37-34-31-28-25-22-19-16-13-10-6-2/h5-58H2,1-4H3,(H,63,66)(H,64,67)(H,65,68). The number of alkyl carbamates (subject to hydrolysis) is 3. The normalized spacial score (nSPS) is 11.5. The van der Waals surface area contributed by atoms with E-state index in [0.717, 1.165) is 44.9 Å². The van der Waals surface area contributed by atoms with E-state index >= 15 is 0 Å². The molecule has 0 unspecified atom stereocenters. The number of hydrogen-bond donors (Lipinski definition) is 3. The third-order valence-electron chi connectivity index (χ3n) is 14.8. The van der Waals surface area contributed by atoms with Crippen molar-refractivity contribution in [3.8, 4) is 0 Å². The Morgan fingerprint density at radius 1 is 0.268 bits per heavy atom. The van der Waals surface area contributed by atoms with Crippen molar-refractivity contribution in [3.05, 3.63) is 0 Å². The maximum atomic E-state index is 13.1. The highest BCUT2D eigenvalue weighted by Gasteiger charge is 2.37. The van der Waals surface area contributed by atoms with Crippen molar-refractivity contribution in [3.63, 3.8) is 0 Å². The highest BCUT2D eigenvalue weighted by molar-refractivity contribution is 5.69. The number of carbonyl (C=O) groups is 3. The lowest BCUT2D eigenvalue weighted by atomic mass is 10.0. The van der Waals surface area contributed by atoms with Gasteiger partial charge < -0.3 is 30.2 Å². The topological polar surface area (TPSA) is 115 Å². The quantitative estimate of drug-likeness (QED) is 0.0413. The van der Waals surface area contributed by atoms with Crippen LogP contribution in [0.1, 0.15) is 342 Å². The van der Waals surface area contributed by atoms with Crippen LogP contribution in [-0.4, -0.2) is 56.7 Å². The Hall–Kier alpha value is -2.19. The predicted molar refractivity (Wildman–Crippen MR) is 305 cm³/mol. The molecule has 3 amide bonds. The van der Waals surface area contributed by atoms with E-state index in [1.165, 1.54) is 263 Å². The molecule has 0 heterocycles. The monoisotopic (exact) mass is 1010 g/mol. The molecule has 0 aliphatic rings. The third-order valence-corrected chi connectivity index (χ3v) is 14.8. The van der Waals surface area contributed by atoms with Gasteiger partial charge in [-0.05, 0) is 25.7 Å². The first-order valence-corrected chi connectivity index (χ1v) is 31.7. The average Bonchev–Trinajstić information content (AvgIpc) is 3.37. The summed E-state index contributed by atoms with van der Waals surface area (Å²) in [5, 5.41) is 8.64. The van der Waals surface area contributed by atoms with Crippen molar-refractivity contribution in [2.45, 2.75) is 348 Å². The maximum absolute atomic E-state index is 13.1. The Labute approximate surface area is 441 Å². The minimum Gasteiger partial charge on any atom is -0.445 e. The molecule has 0 fully saturated rings. The third kappa shape index (κ3) is 52.5. The van der Waals surface area contributed by atoms with Gasteiger partial charge in [-0.1, -0.05) is 317 Å². The van der Waals surface area contributed by atoms with Gasteiger partial charge in [0.15, 0.2) is 5.60 Å². The highest BCUT2D eigenvalue weighted by Crippen LogP contribution is 2.20. The molecule has 0 saturated heterocycles. The zero-order valence-electron chi connectivity index (χ0n) is 48.1. The lowest BCUT2D eigenvalue weighted by Crippen LogP contribution is -2.48. The molecule has 0 aromatic rings. The van der Waals surface area contributed by atoms with Crippen LogP contribution in [0.4, 0.5) is 14.4 Å². The van der Waals surface area contributed by atoms with E-state index in [1.807, 2.05) is 6.92 Å². The summed E-state index contributed by atoms with van der Waals surface area (Å²) < 4.78 is 17.2. The zero-order chi connectivity index (χ0) is 51.7. The number of rotatable bonds is 57. The summed E-state index contributed by atoms with van der Waals surface area (Å²) in [4.78, 5) is 38.7. The van der Waals surface area contributed by atoms with Crippen molar-refractivity contribution >= 4 is 18.3 Å². The Morgan fingerprint density at radius 3 is 0.648 bits per heavy atom. The van der Waals surface area contributed by atoms with Crippen LogP contribution in [0, 0.1) is 0 Å². The summed E-state index contributed by atoms with van der Waals surface area (Å²) >= 11 is 0. The first kappa shape index (κ1) is 68.8. The lowest BCUT2D eigenvalue weighted by molar-refractivity contribution is -0.0720. The van der Waals surface area contributed by atoms with Gasteiger partial charge in [0, 0.05) is 19.6 Å². The summed E-state index contributed by atoms with van der Waals surface area (Å²) in [6.07, 6.45) is 61.1. The van der Waals surface area contributed by atoms with E-state index in [1.54, 1.807) is 0 Å². The number of nitrogens with one attached hydrogen (secondary N) is 3. The highest BCUT2D eigenvalue weighted by atomic mass is 16.6. The Balaban J connectivity index is 4.50. The predicted octanol–water partition coefficient (Wildman–Crippen LogP) is 20.1. The summed E-state index contributed by atoms with van der Waals surface area (Å²) in [7, 11) is 0. The van der Waals surface area contributed by atoms with Gasteiger partial charge in [-0.25, -0.2) is 14.4 Å². The molecule has 0 rings (SSSR count). The SMILES string of the molecule is CCCCCCCCCCCCCCCCCCNC(=O)OCC(CC)(COC(=O)NCCCCCCCCCCCCCCCCCC)OC(=O)NCCCCCCCCCCCCCCCCCC. The van der Waals surface area contributed by atoms with Crippen LogP contribution in [0.3, 0.4) is 0 Å². The molecule has 0 spiro atoms. The fourth-order valence-corrected chi connectivity index (χ4v) is 9.70. The summed E-state index contributed by atoms with van der Waals surface area (Å²) in [6.45, 7) is 9.88. The van der Waals surface area contributed by atoms with Gasteiger partial charge in [-0.2, -0.15) is 0 Å². The summed E-state index contributed by atoms with van der Waals surface area (Å²) in [5.74, 6) is 0. The molecular weight excluding hydrogens is 883 g/mol. The van der Waals surface area contributed by atoms with E-state index < -0.39 is 23.9 Å². The van der Waals surface area contributed by atoms with Gasteiger partial charge in [-0.15, -0.1) is 0 Å². The Bertz CT molecular complexity index is 1050. The van der Waals surface area contributed by atoms with Crippen LogP contribution in [0.25, 0.3) is 0 Å². The van der Waals surface area contributed by atoms with Gasteiger partial charge in [-0.3, -0.25) is 0 Å². The molecule has 0 aromatic heterocycles. The van der Waals surface area contributed by atoms with Crippen molar-refractivity contribution in [1.82, 2.24) is 16.0 Å². The molecule has 0 saturated carbocycles. The fourth-order valence-electron chi connectivity index (χ4n) is 9.70. The average molecular weight is 1010 g/mol. The minimum atomic E-state index is -1.30. The second-order valence-corrected chi connectivity index (χ2v) is 21.8. The molecule has 0 aliphatic heterocycles. The van der Waals surface area contributed by atoms with E-state index in [0.29, 0.717) is 26.1 Å². The summed E-state index contributed by atoms with van der Waals surface area (Å²) in [6, 6.07) is 0. The number of amides is 3. The van der Waals surface area contributed by atoms with Gasteiger partial charge in [0.1, 0.15) is 13.2 Å². The number of carbonyl (C=O) groups excluding carboxylic acids is 3. The number of unbranched alkanes of at least 4 members (excludes halogenated alkanes) is 45. The molecule has 3 N–H and O–H groups in total. The smallest absolute Gasteiger partial charge is 0.407 e. The first-order chi connectivity index (χ1) is 34.9. The molecule has 0 radical (unpaired) electrons. The molecule has 0 atom stereocenters. The largest absolute Gasteiger partial charge is 0.445 e. The van der Waals surface area contributed by atoms with Gasteiger partial charge >= 0.3 is 18.3 Å². The first-order valence-electron chi connectivity index (χ1n) is 31.7. The van der Waals surface area contributed by atoms with Gasteiger partial charge in [0.2, 0.25) is 0 Å². The number of hydrogen-bond acceptors (Lipinski definition) is 6. The van der Waals surface area contributed by atoms with Gasteiger partial charge in [0.05, 0.1) is 0 Å². The number of ether oxygens (including phenoxy) is 3. The minimum absolute atomic E-state index is 0.201. The van der Waals surface area contributed by atoms with Crippen LogP contribution >= 0.6 is 0 Å². The molecule has 0 bridgehead atoms.